The van der Waals surface area contributed by atoms with E-state index in [1.165, 1.54) is 0 Å². The van der Waals surface area contributed by atoms with Crippen molar-refractivity contribution in [3.63, 3.8) is 0 Å². The van der Waals surface area contributed by atoms with Crippen LogP contribution in [-0.2, 0) is 13.5 Å². The van der Waals surface area contributed by atoms with Gasteiger partial charge in [0, 0.05) is 31.8 Å². The summed E-state index contributed by atoms with van der Waals surface area (Å²) in [5.41, 5.74) is 1.99. The molecule has 0 aliphatic carbocycles. The molecule has 1 N–H and O–H groups in total. The Bertz CT molecular complexity index is 584. The Morgan fingerprint density at radius 1 is 1.44 bits per heavy atom. The Kier molecular flexibility index (Phi) is 3.88. The number of nitrogens with zero attached hydrogens (tertiary/aromatic N) is 4. The summed E-state index contributed by atoms with van der Waals surface area (Å²) in [6.45, 7) is 0.939. The smallest absolute Gasteiger partial charge is 0.130 e. The van der Waals surface area contributed by atoms with Crippen LogP contribution in [0.5, 0.6) is 0 Å². The number of hydrogen-bond donors (Lipinski definition) is 1. The highest BCUT2D eigenvalue weighted by molar-refractivity contribution is 7.71. The molecular formula is C12H17N5S. The van der Waals surface area contributed by atoms with Crippen molar-refractivity contribution in [1.82, 2.24) is 24.6 Å². The van der Waals surface area contributed by atoms with Crippen molar-refractivity contribution < 1.29 is 0 Å². The van der Waals surface area contributed by atoms with Crippen LogP contribution in [0.15, 0.2) is 18.5 Å². The highest BCUT2D eigenvalue weighted by Gasteiger charge is 2.04. The topological polar surface area (TPSA) is 49.7 Å². The minimum Gasteiger partial charge on any atom is -0.343 e. The first-order valence-electron chi connectivity index (χ1n) is 5.78. The second-order valence-corrected chi connectivity index (χ2v) is 4.95. The van der Waals surface area contributed by atoms with Gasteiger partial charge in [-0.05, 0) is 20.2 Å². The fourth-order valence-corrected chi connectivity index (χ4v) is 1.90. The van der Waals surface area contributed by atoms with Crippen LogP contribution in [0.25, 0.3) is 11.3 Å². The van der Waals surface area contributed by atoms with Gasteiger partial charge < -0.3 is 9.88 Å². The monoisotopic (exact) mass is 263 g/mol. The fourth-order valence-electron chi connectivity index (χ4n) is 1.67. The summed E-state index contributed by atoms with van der Waals surface area (Å²) in [4.78, 5) is 9.78. The second kappa shape index (κ2) is 5.41. The molecule has 0 fully saturated rings. The van der Waals surface area contributed by atoms with Gasteiger partial charge in [-0.3, -0.25) is 4.68 Å². The van der Waals surface area contributed by atoms with E-state index in [2.05, 4.69) is 20.0 Å². The SMILES string of the molecule is CN(C)CCc1nc(=S)cc(-c2cnn(C)c2)[nH]1. The van der Waals surface area contributed by atoms with Crippen molar-refractivity contribution in [2.75, 3.05) is 20.6 Å². The first-order valence-corrected chi connectivity index (χ1v) is 6.19. The minimum absolute atomic E-state index is 0.612. The predicted octanol–water partition coefficient (Wildman–Crippen LogP) is 1.64. The van der Waals surface area contributed by atoms with E-state index in [4.69, 9.17) is 12.2 Å². The predicted molar refractivity (Wildman–Crippen MR) is 73.9 cm³/mol. The molecule has 0 radical (unpaired) electrons. The molecular weight excluding hydrogens is 246 g/mol. The van der Waals surface area contributed by atoms with E-state index in [1.807, 2.05) is 39.6 Å². The molecule has 0 saturated heterocycles. The molecule has 2 aromatic rings. The number of aromatic amines is 1. The third-order valence-electron chi connectivity index (χ3n) is 2.60. The summed E-state index contributed by atoms with van der Waals surface area (Å²) in [5, 5.41) is 4.16. The zero-order chi connectivity index (χ0) is 13.1. The van der Waals surface area contributed by atoms with Crippen LogP contribution in [0.3, 0.4) is 0 Å². The molecule has 5 nitrogen and oxygen atoms in total. The Hall–Kier alpha value is -1.53. The summed E-state index contributed by atoms with van der Waals surface area (Å²) in [6, 6.07) is 1.87. The normalized spacial score (nSPS) is 11.1. The Balaban J connectivity index is 2.29. The number of H-pyrrole nitrogens is 1. The standard InChI is InChI=1S/C12H17N5S/c1-16(2)5-4-11-14-10(6-12(18)15-11)9-7-13-17(3)8-9/h6-8H,4-5H2,1-3H3,(H,14,15,18). The molecule has 2 rings (SSSR count). The lowest BCUT2D eigenvalue weighted by Gasteiger charge is -2.09. The first-order chi connectivity index (χ1) is 8.54. The van der Waals surface area contributed by atoms with E-state index in [1.54, 1.807) is 4.68 Å². The highest BCUT2D eigenvalue weighted by Crippen LogP contribution is 2.15. The average molecular weight is 263 g/mol. The molecule has 0 bridgehead atoms. The quantitative estimate of drug-likeness (QED) is 0.852. The first kappa shape index (κ1) is 12.9. The maximum atomic E-state index is 5.20. The van der Waals surface area contributed by atoms with Crippen molar-refractivity contribution in [3.8, 4) is 11.3 Å². The van der Waals surface area contributed by atoms with Gasteiger partial charge in [0.2, 0.25) is 0 Å². The van der Waals surface area contributed by atoms with E-state index in [9.17, 15) is 0 Å². The highest BCUT2D eigenvalue weighted by atomic mass is 32.1. The molecule has 0 aliphatic heterocycles. The Labute approximate surface area is 111 Å². The summed E-state index contributed by atoms with van der Waals surface area (Å²) in [7, 11) is 5.98. The number of hydrogen-bond acceptors (Lipinski definition) is 4. The van der Waals surface area contributed by atoms with Crippen molar-refractivity contribution in [2.24, 2.45) is 7.05 Å². The summed E-state index contributed by atoms with van der Waals surface area (Å²) in [6.07, 6.45) is 4.62. The second-order valence-electron chi connectivity index (χ2n) is 4.54. The maximum absolute atomic E-state index is 5.20. The van der Waals surface area contributed by atoms with Gasteiger partial charge in [0.1, 0.15) is 10.5 Å². The summed E-state index contributed by atoms with van der Waals surface area (Å²) < 4.78 is 2.38. The molecule has 0 saturated carbocycles. The molecule has 0 atom stereocenters. The molecule has 0 amide bonds. The van der Waals surface area contributed by atoms with Gasteiger partial charge in [-0.1, -0.05) is 12.2 Å². The van der Waals surface area contributed by atoms with Crippen LogP contribution in [-0.4, -0.2) is 45.3 Å². The molecule has 0 spiro atoms. The van der Waals surface area contributed by atoms with Crippen LogP contribution in [0.2, 0.25) is 0 Å². The largest absolute Gasteiger partial charge is 0.343 e. The average Bonchev–Trinajstić information content (AvgIpc) is 2.72. The maximum Gasteiger partial charge on any atom is 0.130 e. The number of nitrogens with one attached hydrogen (secondary N) is 1. The van der Waals surface area contributed by atoms with Crippen LogP contribution in [0, 0.1) is 4.64 Å². The third-order valence-corrected chi connectivity index (χ3v) is 2.81. The van der Waals surface area contributed by atoms with E-state index < -0.39 is 0 Å². The van der Waals surface area contributed by atoms with E-state index in [-0.39, 0.29) is 0 Å². The number of aryl methyl sites for hydroxylation is 1. The zero-order valence-electron chi connectivity index (χ0n) is 10.8. The number of rotatable bonds is 4. The number of aromatic nitrogens is 4. The summed E-state index contributed by atoms with van der Waals surface area (Å²) in [5.74, 6) is 0.912. The van der Waals surface area contributed by atoms with Crippen molar-refractivity contribution in [1.29, 1.82) is 0 Å². The van der Waals surface area contributed by atoms with Gasteiger partial charge in [0.25, 0.3) is 0 Å². The molecule has 0 unspecified atom stereocenters. The molecule has 96 valence electrons. The van der Waals surface area contributed by atoms with E-state index in [0.29, 0.717) is 4.64 Å². The van der Waals surface area contributed by atoms with E-state index in [0.717, 1.165) is 30.0 Å². The molecule has 2 heterocycles. The lowest BCUT2D eigenvalue weighted by Crippen LogP contribution is -2.16. The van der Waals surface area contributed by atoms with E-state index >= 15 is 0 Å². The van der Waals surface area contributed by atoms with Crippen LogP contribution in [0.1, 0.15) is 5.82 Å². The van der Waals surface area contributed by atoms with Crippen molar-refractivity contribution >= 4 is 12.2 Å². The molecule has 18 heavy (non-hydrogen) atoms. The van der Waals surface area contributed by atoms with Gasteiger partial charge in [0.05, 0.1) is 11.9 Å². The fraction of sp³-hybridized carbons (Fsp3) is 0.417. The van der Waals surface area contributed by atoms with Crippen molar-refractivity contribution in [2.45, 2.75) is 6.42 Å². The van der Waals surface area contributed by atoms with Crippen LogP contribution in [0.4, 0.5) is 0 Å². The lowest BCUT2D eigenvalue weighted by molar-refractivity contribution is 0.409. The third kappa shape index (κ3) is 3.24. The van der Waals surface area contributed by atoms with Crippen LogP contribution < -0.4 is 0 Å². The lowest BCUT2D eigenvalue weighted by atomic mass is 10.2. The molecule has 0 aromatic carbocycles. The molecule has 0 aliphatic rings. The number of likely N-dealkylation sites (N-methyl/N-ethyl adjacent to an activating group) is 1. The Morgan fingerprint density at radius 2 is 2.22 bits per heavy atom. The summed E-state index contributed by atoms with van der Waals surface area (Å²) >= 11 is 5.20. The van der Waals surface area contributed by atoms with Gasteiger partial charge in [0.15, 0.2) is 0 Å². The minimum atomic E-state index is 0.612. The van der Waals surface area contributed by atoms with Crippen LogP contribution >= 0.6 is 12.2 Å². The van der Waals surface area contributed by atoms with Gasteiger partial charge in [-0.15, -0.1) is 0 Å². The van der Waals surface area contributed by atoms with Gasteiger partial charge in [-0.2, -0.15) is 5.10 Å². The van der Waals surface area contributed by atoms with Crippen molar-refractivity contribution in [3.05, 3.63) is 28.9 Å². The van der Waals surface area contributed by atoms with Gasteiger partial charge >= 0.3 is 0 Å². The van der Waals surface area contributed by atoms with Gasteiger partial charge in [-0.25, -0.2) is 4.98 Å². The molecule has 2 aromatic heterocycles. The Morgan fingerprint density at radius 3 is 2.83 bits per heavy atom. The molecule has 6 heteroatoms. The zero-order valence-corrected chi connectivity index (χ0v) is 11.7.